The molecule has 0 aliphatic carbocycles. The molecule has 0 fully saturated rings. The average molecular weight is 447 g/mol. The minimum Gasteiger partial charge on any atom is -0.444 e. The number of alkyl halides is 3. The van der Waals surface area contributed by atoms with Gasteiger partial charge in [-0.3, -0.25) is 0 Å². The fourth-order valence-corrected chi connectivity index (χ4v) is 3.27. The molecule has 0 bridgehead atoms. The maximum atomic E-state index is 12.5. The maximum absolute atomic E-state index is 12.5. The van der Waals surface area contributed by atoms with Gasteiger partial charge < -0.3 is 14.8 Å². The molecule has 2 aromatic rings. The van der Waals surface area contributed by atoms with Gasteiger partial charge in [-0.05, 0) is 86.2 Å². The molecule has 0 saturated heterocycles. The van der Waals surface area contributed by atoms with Crippen LogP contribution in [0.15, 0.2) is 43.0 Å². The fraction of sp³-hybridized carbons (Fsp3) is 0.320. The summed E-state index contributed by atoms with van der Waals surface area (Å²) < 4.78 is 46.7. The lowest BCUT2D eigenvalue weighted by atomic mass is 9.88. The number of allylic oxidation sites excluding steroid dienone is 1. The first-order valence-corrected chi connectivity index (χ1v) is 10.1. The molecule has 0 aromatic heterocycles. The Labute approximate surface area is 186 Å². The molecular weight excluding hydrogens is 419 g/mol. The quantitative estimate of drug-likeness (QED) is 0.507. The zero-order valence-electron chi connectivity index (χ0n) is 18.9. The molecule has 32 heavy (non-hydrogen) atoms. The van der Waals surface area contributed by atoms with E-state index in [-0.39, 0.29) is 12.3 Å². The predicted molar refractivity (Wildman–Crippen MR) is 121 cm³/mol. The van der Waals surface area contributed by atoms with Crippen LogP contribution >= 0.6 is 0 Å². The van der Waals surface area contributed by atoms with Gasteiger partial charge in [0.15, 0.2) is 0 Å². The van der Waals surface area contributed by atoms with E-state index in [1.807, 2.05) is 32.1 Å². The molecule has 1 N–H and O–H groups in total. The van der Waals surface area contributed by atoms with Gasteiger partial charge in [0.25, 0.3) is 0 Å². The van der Waals surface area contributed by atoms with Gasteiger partial charge in [-0.1, -0.05) is 36.9 Å². The van der Waals surface area contributed by atoms with Crippen molar-refractivity contribution in [1.29, 1.82) is 0 Å². The highest BCUT2D eigenvalue weighted by atomic mass is 19.4. The molecule has 1 amide bonds. The normalized spacial score (nSPS) is 12.0. The van der Waals surface area contributed by atoms with Gasteiger partial charge in [0.2, 0.25) is 0 Å². The molecule has 2 aromatic carbocycles. The Morgan fingerprint density at radius 1 is 1.12 bits per heavy atom. The minimum atomic E-state index is -4.75. The van der Waals surface area contributed by atoms with Crippen LogP contribution in [0.25, 0.3) is 23.3 Å². The maximum Gasteiger partial charge on any atom is 0.573 e. The summed E-state index contributed by atoms with van der Waals surface area (Å²) in [5.41, 5.74) is 4.42. The van der Waals surface area contributed by atoms with Crippen molar-refractivity contribution >= 4 is 18.2 Å². The van der Waals surface area contributed by atoms with Crippen LogP contribution < -0.4 is 10.1 Å². The van der Waals surface area contributed by atoms with Crippen LogP contribution in [-0.4, -0.2) is 18.1 Å². The standard InChI is InChI=1S/C25H28F3NO3/c1-7-9-21-16(3)22(17-10-12-19(13-11-17)31-25(26,27)28)14-18(20(21)8-2)15-29-23(30)32-24(4,5)6/h7-14H,2,15H2,1,3-6H3,(H,29,30)/b9-7-. The summed E-state index contributed by atoms with van der Waals surface area (Å²) in [4.78, 5) is 12.1. The summed E-state index contributed by atoms with van der Waals surface area (Å²) in [6.45, 7) is 13.3. The van der Waals surface area contributed by atoms with Gasteiger partial charge in [-0.2, -0.15) is 0 Å². The number of alkyl carbamates (subject to hydrolysis) is 1. The molecule has 2 rings (SSSR count). The van der Waals surface area contributed by atoms with Gasteiger partial charge in [-0.25, -0.2) is 4.79 Å². The molecule has 0 aliphatic heterocycles. The van der Waals surface area contributed by atoms with Crippen molar-refractivity contribution in [2.24, 2.45) is 0 Å². The third kappa shape index (κ3) is 6.90. The van der Waals surface area contributed by atoms with E-state index >= 15 is 0 Å². The van der Waals surface area contributed by atoms with Gasteiger partial charge in [0.05, 0.1) is 0 Å². The van der Waals surface area contributed by atoms with Crippen LogP contribution in [0.1, 0.15) is 49.9 Å². The lowest BCUT2D eigenvalue weighted by Crippen LogP contribution is -2.32. The van der Waals surface area contributed by atoms with E-state index < -0.39 is 18.1 Å². The van der Waals surface area contributed by atoms with Crippen molar-refractivity contribution in [3.63, 3.8) is 0 Å². The summed E-state index contributed by atoms with van der Waals surface area (Å²) in [6, 6.07) is 7.59. The number of carbonyl (C=O) groups excluding carboxylic acids is 1. The lowest BCUT2D eigenvalue weighted by molar-refractivity contribution is -0.274. The molecule has 4 nitrogen and oxygen atoms in total. The number of rotatable bonds is 6. The van der Waals surface area contributed by atoms with Gasteiger partial charge in [0.1, 0.15) is 11.4 Å². The predicted octanol–water partition coefficient (Wildman–Crippen LogP) is 7.26. The van der Waals surface area contributed by atoms with Crippen LogP contribution in [0.2, 0.25) is 0 Å². The molecule has 0 spiro atoms. The smallest absolute Gasteiger partial charge is 0.444 e. The molecule has 7 heteroatoms. The number of hydrogen-bond acceptors (Lipinski definition) is 3. The van der Waals surface area contributed by atoms with E-state index in [2.05, 4.69) is 16.6 Å². The molecule has 0 saturated carbocycles. The third-order valence-electron chi connectivity index (χ3n) is 4.52. The fourth-order valence-electron chi connectivity index (χ4n) is 3.27. The second-order valence-electron chi connectivity index (χ2n) is 8.17. The third-order valence-corrected chi connectivity index (χ3v) is 4.52. The number of nitrogens with one attached hydrogen (secondary N) is 1. The van der Waals surface area contributed by atoms with Gasteiger partial charge in [0, 0.05) is 6.54 Å². The highest BCUT2D eigenvalue weighted by molar-refractivity contribution is 5.80. The zero-order valence-corrected chi connectivity index (χ0v) is 18.9. The first-order chi connectivity index (χ1) is 14.8. The topological polar surface area (TPSA) is 47.6 Å². The van der Waals surface area contributed by atoms with Crippen molar-refractivity contribution in [2.45, 2.75) is 53.1 Å². The summed E-state index contributed by atoms with van der Waals surface area (Å²) in [7, 11) is 0. The van der Waals surface area contributed by atoms with E-state index in [1.54, 1.807) is 39.0 Å². The minimum absolute atomic E-state index is 0.198. The Hall–Kier alpha value is -3.22. The van der Waals surface area contributed by atoms with Gasteiger partial charge >= 0.3 is 12.5 Å². The molecule has 0 aliphatic rings. The number of ether oxygens (including phenoxy) is 2. The molecule has 0 radical (unpaired) electrons. The number of carbonyl (C=O) groups is 1. The second-order valence-corrected chi connectivity index (χ2v) is 8.17. The zero-order chi connectivity index (χ0) is 24.1. The number of amides is 1. The number of benzene rings is 2. The van der Waals surface area contributed by atoms with E-state index in [0.29, 0.717) is 0 Å². The Kier molecular flexibility index (Phi) is 7.78. The van der Waals surface area contributed by atoms with E-state index in [9.17, 15) is 18.0 Å². The van der Waals surface area contributed by atoms with Crippen molar-refractivity contribution in [3.05, 3.63) is 65.2 Å². The van der Waals surface area contributed by atoms with E-state index in [0.717, 1.165) is 33.4 Å². The van der Waals surface area contributed by atoms with Crippen LogP contribution in [0.3, 0.4) is 0 Å². The van der Waals surface area contributed by atoms with E-state index in [1.165, 1.54) is 12.1 Å². The van der Waals surface area contributed by atoms with Crippen LogP contribution in [0.4, 0.5) is 18.0 Å². The van der Waals surface area contributed by atoms with Crippen molar-refractivity contribution in [1.82, 2.24) is 5.32 Å². The largest absolute Gasteiger partial charge is 0.573 e. The number of halogens is 3. The Bertz CT molecular complexity index is 1000. The highest BCUT2D eigenvalue weighted by Crippen LogP contribution is 2.34. The Balaban J connectivity index is 2.47. The summed E-state index contributed by atoms with van der Waals surface area (Å²) in [5.74, 6) is -0.290. The highest BCUT2D eigenvalue weighted by Gasteiger charge is 2.31. The van der Waals surface area contributed by atoms with Crippen LogP contribution in [0.5, 0.6) is 5.75 Å². The lowest BCUT2D eigenvalue weighted by Gasteiger charge is -2.21. The molecular formula is C25H28F3NO3. The first kappa shape index (κ1) is 25.0. The molecule has 172 valence electrons. The van der Waals surface area contributed by atoms with Crippen molar-refractivity contribution in [3.8, 4) is 16.9 Å². The molecule has 0 heterocycles. The number of hydrogen-bond donors (Lipinski definition) is 1. The molecule has 0 unspecified atom stereocenters. The first-order valence-electron chi connectivity index (χ1n) is 10.1. The monoisotopic (exact) mass is 447 g/mol. The summed E-state index contributed by atoms with van der Waals surface area (Å²) in [5, 5.41) is 2.75. The second kappa shape index (κ2) is 9.94. The molecule has 0 atom stereocenters. The Morgan fingerprint density at radius 3 is 2.25 bits per heavy atom. The summed E-state index contributed by atoms with van der Waals surface area (Å²) in [6.07, 6.45) is 0.260. The summed E-state index contributed by atoms with van der Waals surface area (Å²) >= 11 is 0. The van der Waals surface area contributed by atoms with Crippen molar-refractivity contribution in [2.75, 3.05) is 0 Å². The van der Waals surface area contributed by atoms with Crippen molar-refractivity contribution < 1.29 is 27.4 Å². The SMILES string of the molecule is C=Cc1c(CNC(=O)OC(C)(C)C)cc(-c2ccc(OC(F)(F)F)cc2)c(C)c1/C=C\C. The Morgan fingerprint density at radius 2 is 1.75 bits per heavy atom. The average Bonchev–Trinajstić information content (AvgIpc) is 2.66. The van der Waals surface area contributed by atoms with Crippen LogP contribution in [0, 0.1) is 6.92 Å². The van der Waals surface area contributed by atoms with E-state index in [4.69, 9.17) is 4.74 Å². The van der Waals surface area contributed by atoms with Gasteiger partial charge in [-0.15, -0.1) is 13.2 Å². The van der Waals surface area contributed by atoms with Crippen LogP contribution in [-0.2, 0) is 11.3 Å².